The Hall–Kier alpha value is -2.14. The molecule has 0 aromatic heterocycles. The van der Waals surface area contributed by atoms with E-state index in [0.717, 1.165) is 15.7 Å². The van der Waals surface area contributed by atoms with Crippen molar-refractivity contribution < 1.29 is 14.3 Å². The Bertz CT molecular complexity index is 696. The number of esters is 1. The van der Waals surface area contributed by atoms with Crippen molar-refractivity contribution in [3.8, 4) is 5.75 Å². The summed E-state index contributed by atoms with van der Waals surface area (Å²) in [6, 6.07) is 12.1. The minimum atomic E-state index is -0.303. The molecular weight excluding hydrogens is 346 g/mol. The molecule has 4 nitrogen and oxygen atoms in total. The van der Waals surface area contributed by atoms with Crippen molar-refractivity contribution in [2.75, 3.05) is 5.32 Å². The van der Waals surface area contributed by atoms with Gasteiger partial charge in [-0.05, 0) is 55.0 Å². The molecule has 1 amide bonds. The van der Waals surface area contributed by atoms with Crippen LogP contribution in [0.4, 0.5) is 5.69 Å². The van der Waals surface area contributed by atoms with Gasteiger partial charge in [-0.2, -0.15) is 0 Å². The van der Waals surface area contributed by atoms with E-state index in [-0.39, 0.29) is 11.9 Å². The van der Waals surface area contributed by atoms with E-state index in [0.29, 0.717) is 17.7 Å². The van der Waals surface area contributed by atoms with Gasteiger partial charge in [-0.1, -0.05) is 22.9 Å². The third-order valence-electron chi connectivity index (χ3n) is 3.07. The zero-order valence-corrected chi connectivity index (χ0v) is 13.9. The number of aryl methyl sites for hydroxylation is 1. The molecule has 22 heavy (non-hydrogen) atoms. The molecule has 0 bridgehead atoms. The van der Waals surface area contributed by atoms with E-state index in [4.69, 9.17) is 4.74 Å². The predicted octanol–water partition coefficient (Wildman–Crippen LogP) is 4.33. The van der Waals surface area contributed by atoms with Crippen molar-refractivity contribution >= 4 is 33.5 Å². The summed E-state index contributed by atoms with van der Waals surface area (Å²) < 4.78 is 6.04. The fraction of sp³-hybridized carbons (Fsp3) is 0.176. The minimum Gasteiger partial charge on any atom is -0.427 e. The first-order chi connectivity index (χ1) is 10.5. The second kappa shape index (κ2) is 7.22. The summed E-state index contributed by atoms with van der Waals surface area (Å²) >= 11 is 3.39. The number of benzene rings is 2. The summed E-state index contributed by atoms with van der Waals surface area (Å²) in [7, 11) is 0. The van der Waals surface area contributed by atoms with Crippen molar-refractivity contribution in [1.29, 1.82) is 0 Å². The second-order valence-corrected chi connectivity index (χ2v) is 5.68. The molecule has 0 saturated heterocycles. The maximum Gasteiger partial charge on any atom is 0.310 e. The number of halogens is 1. The highest BCUT2D eigenvalue weighted by Crippen LogP contribution is 2.21. The lowest BCUT2D eigenvalue weighted by Gasteiger charge is -2.09. The van der Waals surface area contributed by atoms with Crippen LogP contribution in [0.3, 0.4) is 0 Å². The van der Waals surface area contributed by atoms with Crippen LogP contribution in [-0.4, -0.2) is 11.9 Å². The van der Waals surface area contributed by atoms with E-state index in [1.165, 1.54) is 0 Å². The van der Waals surface area contributed by atoms with Crippen molar-refractivity contribution in [2.45, 2.75) is 20.3 Å². The largest absolute Gasteiger partial charge is 0.427 e. The molecule has 0 aliphatic carbocycles. The number of hydrogen-bond donors (Lipinski definition) is 1. The topological polar surface area (TPSA) is 55.4 Å². The lowest BCUT2D eigenvalue weighted by Crippen LogP contribution is -2.13. The number of amides is 1. The molecule has 1 N–H and O–H groups in total. The number of anilines is 1. The fourth-order valence-corrected chi connectivity index (χ4v) is 2.32. The third-order valence-corrected chi connectivity index (χ3v) is 3.57. The number of rotatable bonds is 4. The van der Waals surface area contributed by atoms with E-state index in [9.17, 15) is 9.59 Å². The molecule has 0 saturated carbocycles. The Morgan fingerprint density at radius 3 is 2.41 bits per heavy atom. The molecule has 0 atom stereocenters. The quantitative estimate of drug-likeness (QED) is 0.651. The number of ether oxygens (including phenoxy) is 1. The van der Waals surface area contributed by atoms with Gasteiger partial charge in [0, 0.05) is 22.1 Å². The van der Waals surface area contributed by atoms with Crippen LogP contribution in [0.5, 0.6) is 5.75 Å². The number of carbonyl (C=O) groups excluding carboxylic acids is 2. The summed E-state index contributed by atoms with van der Waals surface area (Å²) in [5, 5.41) is 2.86. The molecular formula is C17H16BrNO3. The Labute approximate surface area is 137 Å². The van der Waals surface area contributed by atoms with Gasteiger partial charge in [0.25, 0.3) is 5.91 Å². The van der Waals surface area contributed by atoms with E-state index < -0.39 is 0 Å². The van der Waals surface area contributed by atoms with Crippen LogP contribution in [0, 0.1) is 6.92 Å². The first-order valence-corrected chi connectivity index (χ1v) is 7.67. The van der Waals surface area contributed by atoms with Gasteiger partial charge in [0.1, 0.15) is 5.75 Å². The molecule has 0 aliphatic heterocycles. The lowest BCUT2D eigenvalue weighted by atomic mass is 10.1. The molecule has 5 heteroatoms. The van der Waals surface area contributed by atoms with Crippen molar-refractivity contribution in [2.24, 2.45) is 0 Å². The van der Waals surface area contributed by atoms with E-state index >= 15 is 0 Å². The van der Waals surface area contributed by atoms with Crippen LogP contribution < -0.4 is 10.1 Å². The average Bonchev–Trinajstić information content (AvgIpc) is 2.50. The predicted molar refractivity (Wildman–Crippen MR) is 89.2 cm³/mol. The molecule has 2 aromatic rings. The zero-order valence-electron chi connectivity index (χ0n) is 12.4. The molecule has 0 spiro atoms. The third kappa shape index (κ3) is 4.18. The van der Waals surface area contributed by atoms with E-state index in [1.54, 1.807) is 31.2 Å². The standard InChI is InChI=1S/C17H16BrNO3/c1-3-16(20)22-14-7-4-12(5-8-14)17(21)19-15-9-6-13(18)10-11(15)2/h4-10H,3H2,1-2H3,(H,19,21). The van der Waals surface area contributed by atoms with Crippen molar-refractivity contribution in [3.63, 3.8) is 0 Å². The van der Waals surface area contributed by atoms with Gasteiger partial charge in [0.05, 0.1) is 0 Å². The Kier molecular flexibility index (Phi) is 5.33. The van der Waals surface area contributed by atoms with E-state index in [2.05, 4.69) is 21.2 Å². The average molecular weight is 362 g/mol. The normalized spacial score (nSPS) is 10.1. The van der Waals surface area contributed by atoms with Crippen LogP contribution in [0.25, 0.3) is 0 Å². The van der Waals surface area contributed by atoms with E-state index in [1.807, 2.05) is 25.1 Å². The van der Waals surface area contributed by atoms with Gasteiger partial charge in [0.2, 0.25) is 0 Å². The lowest BCUT2D eigenvalue weighted by molar-refractivity contribution is -0.134. The van der Waals surface area contributed by atoms with Crippen molar-refractivity contribution in [3.05, 3.63) is 58.1 Å². The Morgan fingerprint density at radius 1 is 1.14 bits per heavy atom. The van der Waals surface area contributed by atoms with Crippen LogP contribution >= 0.6 is 15.9 Å². The smallest absolute Gasteiger partial charge is 0.310 e. The van der Waals surface area contributed by atoms with Crippen LogP contribution in [0.2, 0.25) is 0 Å². The summed E-state index contributed by atoms with van der Waals surface area (Å²) in [6.07, 6.45) is 0.311. The molecule has 0 radical (unpaired) electrons. The van der Waals surface area contributed by atoms with Gasteiger partial charge >= 0.3 is 5.97 Å². The van der Waals surface area contributed by atoms with Gasteiger partial charge in [-0.3, -0.25) is 9.59 Å². The number of carbonyl (C=O) groups is 2. The van der Waals surface area contributed by atoms with Gasteiger partial charge in [0.15, 0.2) is 0 Å². The molecule has 0 heterocycles. The van der Waals surface area contributed by atoms with Crippen LogP contribution in [-0.2, 0) is 4.79 Å². The summed E-state index contributed by atoms with van der Waals surface area (Å²) in [5.74, 6) is -0.0790. The van der Waals surface area contributed by atoms with Crippen LogP contribution in [0.1, 0.15) is 29.3 Å². The molecule has 0 unspecified atom stereocenters. The molecule has 114 valence electrons. The highest BCUT2D eigenvalue weighted by atomic mass is 79.9. The second-order valence-electron chi connectivity index (χ2n) is 4.77. The zero-order chi connectivity index (χ0) is 16.1. The molecule has 0 fully saturated rings. The monoisotopic (exact) mass is 361 g/mol. The SMILES string of the molecule is CCC(=O)Oc1ccc(C(=O)Nc2ccc(Br)cc2C)cc1. The highest BCUT2D eigenvalue weighted by molar-refractivity contribution is 9.10. The van der Waals surface area contributed by atoms with Gasteiger partial charge in [-0.25, -0.2) is 0 Å². The first-order valence-electron chi connectivity index (χ1n) is 6.88. The maximum absolute atomic E-state index is 12.2. The highest BCUT2D eigenvalue weighted by Gasteiger charge is 2.09. The summed E-state index contributed by atoms with van der Waals surface area (Å²) in [4.78, 5) is 23.4. The Balaban J connectivity index is 2.08. The minimum absolute atomic E-state index is 0.209. The van der Waals surface area contributed by atoms with Gasteiger partial charge in [-0.15, -0.1) is 0 Å². The van der Waals surface area contributed by atoms with Crippen LogP contribution in [0.15, 0.2) is 46.9 Å². The fourth-order valence-electron chi connectivity index (χ4n) is 1.84. The summed E-state index contributed by atoms with van der Waals surface area (Å²) in [6.45, 7) is 3.65. The number of hydrogen-bond acceptors (Lipinski definition) is 3. The Morgan fingerprint density at radius 2 is 1.82 bits per heavy atom. The summed E-state index contributed by atoms with van der Waals surface area (Å²) in [5.41, 5.74) is 2.23. The molecule has 2 aromatic carbocycles. The van der Waals surface area contributed by atoms with Gasteiger partial charge < -0.3 is 10.1 Å². The number of nitrogens with one attached hydrogen (secondary N) is 1. The molecule has 0 aliphatic rings. The molecule has 2 rings (SSSR count). The first kappa shape index (κ1) is 16.2. The van der Waals surface area contributed by atoms with Crippen molar-refractivity contribution in [1.82, 2.24) is 0 Å². The maximum atomic E-state index is 12.2.